The first-order chi connectivity index (χ1) is 7.27. The zero-order valence-corrected chi connectivity index (χ0v) is 9.24. The van der Waals surface area contributed by atoms with Crippen LogP contribution >= 0.6 is 0 Å². The number of rotatable bonds is 4. The van der Waals surface area contributed by atoms with Crippen molar-refractivity contribution in [2.24, 2.45) is 5.41 Å². The number of aliphatic hydroxyl groups is 1. The van der Waals surface area contributed by atoms with Gasteiger partial charge in [0.2, 0.25) is 0 Å². The maximum absolute atomic E-state index is 9.22. The molecule has 0 aliphatic heterocycles. The van der Waals surface area contributed by atoms with Crippen molar-refractivity contribution in [3.63, 3.8) is 0 Å². The Kier molecular flexibility index (Phi) is 2.92. The highest BCUT2D eigenvalue weighted by Gasteiger charge is 2.31. The minimum Gasteiger partial charge on any atom is -0.396 e. The largest absolute Gasteiger partial charge is 0.396 e. The molecular weight excluding hydrogens is 184 g/mol. The van der Waals surface area contributed by atoms with Crippen LogP contribution in [-0.2, 0) is 0 Å². The summed E-state index contributed by atoms with van der Waals surface area (Å²) in [6, 6.07) is 0. The standard InChI is InChI=1S/C14H18O/c1-14(10-11-15,12-6-2-3-7-12)13-8-4-5-9-13/h2,4,6-9,15H,3,5,10-11H2,1H3. The second-order valence-electron chi connectivity index (χ2n) is 4.40. The molecule has 2 aliphatic rings. The third kappa shape index (κ3) is 1.84. The zero-order valence-electron chi connectivity index (χ0n) is 9.24. The molecule has 0 fully saturated rings. The topological polar surface area (TPSA) is 20.2 Å². The van der Waals surface area contributed by atoms with Gasteiger partial charge in [0.15, 0.2) is 0 Å². The molecule has 0 saturated heterocycles. The molecule has 15 heavy (non-hydrogen) atoms. The highest BCUT2D eigenvalue weighted by molar-refractivity contribution is 5.45. The smallest absolute Gasteiger partial charge is 0.0442 e. The van der Waals surface area contributed by atoms with Crippen LogP contribution in [-0.4, -0.2) is 11.7 Å². The van der Waals surface area contributed by atoms with E-state index in [1.165, 1.54) is 11.1 Å². The first kappa shape index (κ1) is 10.4. The summed E-state index contributed by atoms with van der Waals surface area (Å²) in [4.78, 5) is 0. The molecule has 0 amide bonds. The van der Waals surface area contributed by atoms with Crippen LogP contribution in [0, 0.1) is 5.41 Å². The molecule has 0 radical (unpaired) electrons. The van der Waals surface area contributed by atoms with Crippen molar-refractivity contribution in [3.05, 3.63) is 47.6 Å². The van der Waals surface area contributed by atoms with Gasteiger partial charge in [0.1, 0.15) is 0 Å². The van der Waals surface area contributed by atoms with Crippen molar-refractivity contribution in [3.8, 4) is 0 Å². The number of hydrogen-bond donors (Lipinski definition) is 1. The van der Waals surface area contributed by atoms with Crippen LogP contribution in [0.4, 0.5) is 0 Å². The Bertz CT molecular complexity index is 326. The van der Waals surface area contributed by atoms with Crippen LogP contribution < -0.4 is 0 Å². The predicted octanol–water partition coefficient (Wildman–Crippen LogP) is 3.15. The third-order valence-corrected chi connectivity index (χ3v) is 3.43. The van der Waals surface area contributed by atoms with E-state index in [0.717, 1.165) is 19.3 Å². The molecule has 0 spiro atoms. The molecular formula is C14H18O. The summed E-state index contributed by atoms with van der Waals surface area (Å²) in [6.07, 6.45) is 16.2. The quantitative estimate of drug-likeness (QED) is 0.742. The average Bonchev–Trinajstić information content (AvgIpc) is 2.92. The zero-order chi connectivity index (χ0) is 10.7. The summed E-state index contributed by atoms with van der Waals surface area (Å²) in [5.74, 6) is 0. The Morgan fingerprint density at radius 2 is 1.67 bits per heavy atom. The summed E-state index contributed by atoms with van der Waals surface area (Å²) in [6.45, 7) is 2.47. The lowest BCUT2D eigenvalue weighted by molar-refractivity contribution is 0.246. The lowest BCUT2D eigenvalue weighted by Gasteiger charge is -2.31. The molecule has 1 nitrogen and oxygen atoms in total. The summed E-state index contributed by atoms with van der Waals surface area (Å²) in [5, 5.41) is 9.22. The van der Waals surface area contributed by atoms with Gasteiger partial charge in [-0.2, -0.15) is 0 Å². The molecule has 0 atom stereocenters. The molecule has 80 valence electrons. The SMILES string of the molecule is CC(CCO)(C1=CCC=C1)C1=CCC=C1. The molecule has 1 N–H and O–H groups in total. The van der Waals surface area contributed by atoms with Gasteiger partial charge in [0.25, 0.3) is 0 Å². The summed E-state index contributed by atoms with van der Waals surface area (Å²) >= 11 is 0. The van der Waals surface area contributed by atoms with Gasteiger partial charge < -0.3 is 5.11 Å². The van der Waals surface area contributed by atoms with Crippen molar-refractivity contribution >= 4 is 0 Å². The Labute approximate surface area is 91.5 Å². The van der Waals surface area contributed by atoms with E-state index >= 15 is 0 Å². The van der Waals surface area contributed by atoms with Crippen LogP contribution in [0.25, 0.3) is 0 Å². The number of hydrogen-bond acceptors (Lipinski definition) is 1. The van der Waals surface area contributed by atoms with E-state index in [1.807, 2.05) is 0 Å². The lowest BCUT2D eigenvalue weighted by atomic mass is 9.73. The van der Waals surface area contributed by atoms with Gasteiger partial charge in [-0.05, 0) is 30.4 Å². The minimum absolute atomic E-state index is 0.00868. The Morgan fingerprint density at radius 1 is 1.13 bits per heavy atom. The third-order valence-electron chi connectivity index (χ3n) is 3.43. The molecule has 0 aromatic heterocycles. The first-order valence-electron chi connectivity index (χ1n) is 5.62. The first-order valence-corrected chi connectivity index (χ1v) is 5.62. The van der Waals surface area contributed by atoms with Gasteiger partial charge in [0.05, 0.1) is 0 Å². The van der Waals surface area contributed by atoms with Gasteiger partial charge in [-0.3, -0.25) is 0 Å². The fourth-order valence-corrected chi connectivity index (χ4v) is 2.41. The second kappa shape index (κ2) is 4.19. The number of aliphatic hydroxyl groups excluding tert-OH is 1. The normalized spacial score (nSPS) is 19.6. The second-order valence-corrected chi connectivity index (χ2v) is 4.40. The number of allylic oxidation sites excluding steroid dienone is 8. The fraction of sp³-hybridized carbons (Fsp3) is 0.429. The van der Waals surface area contributed by atoms with E-state index in [1.54, 1.807) is 0 Å². The van der Waals surface area contributed by atoms with Gasteiger partial charge in [-0.25, -0.2) is 0 Å². The van der Waals surface area contributed by atoms with E-state index in [2.05, 4.69) is 43.4 Å². The molecule has 2 rings (SSSR count). The maximum atomic E-state index is 9.22. The summed E-state index contributed by atoms with van der Waals surface area (Å²) < 4.78 is 0. The van der Waals surface area contributed by atoms with Crippen molar-refractivity contribution in [2.45, 2.75) is 26.2 Å². The Hall–Kier alpha value is -1.08. The minimum atomic E-state index is 0.00868. The van der Waals surface area contributed by atoms with Gasteiger partial charge in [-0.1, -0.05) is 43.4 Å². The van der Waals surface area contributed by atoms with Crippen molar-refractivity contribution < 1.29 is 5.11 Å². The average molecular weight is 202 g/mol. The van der Waals surface area contributed by atoms with Crippen molar-refractivity contribution in [1.29, 1.82) is 0 Å². The Morgan fingerprint density at radius 3 is 2.00 bits per heavy atom. The van der Waals surface area contributed by atoms with Crippen LogP contribution in [0.15, 0.2) is 47.6 Å². The van der Waals surface area contributed by atoms with Gasteiger partial charge in [0, 0.05) is 12.0 Å². The van der Waals surface area contributed by atoms with Gasteiger partial charge in [-0.15, -0.1) is 0 Å². The van der Waals surface area contributed by atoms with Crippen LogP contribution in [0.5, 0.6) is 0 Å². The lowest BCUT2D eigenvalue weighted by Crippen LogP contribution is -2.21. The van der Waals surface area contributed by atoms with Crippen molar-refractivity contribution in [1.82, 2.24) is 0 Å². The van der Waals surface area contributed by atoms with Crippen LogP contribution in [0.2, 0.25) is 0 Å². The van der Waals surface area contributed by atoms with E-state index in [-0.39, 0.29) is 12.0 Å². The summed E-state index contributed by atoms with van der Waals surface area (Å²) in [5.41, 5.74) is 2.72. The van der Waals surface area contributed by atoms with Crippen molar-refractivity contribution in [2.75, 3.05) is 6.61 Å². The van der Waals surface area contributed by atoms with E-state index in [9.17, 15) is 5.11 Å². The Balaban J connectivity index is 2.30. The molecule has 0 saturated carbocycles. The molecule has 0 aromatic rings. The molecule has 0 bridgehead atoms. The molecule has 1 heteroatoms. The molecule has 0 aromatic carbocycles. The summed E-state index contributed by atoms with van der Waals surface area (Å²) in [7, 11) is 0. The van der Waals surface area contributed by atoms with Crippen LogP contribution in [0.3, 0.4) is 0 Å². The predicted molar refractivity (Wildman–Crippen MR) is 63.5 cm³/mol. The monoisotopic (exact) mass is 202 g/mol. The molecule has 2 aliphatic carbocycles. The van der Waals surface area contributed by atoms with E-state index in [4.69, 9.17) is 0 Å². The molecule has 0 unspecified atom stereocenters. The molecule has 0 heterocycles. The fourth-order valence-electron chi connectivity index (χ4n) is 2.41. The highest BCUT2D eigenvalue weighted by atomic mass is 16.3. The maximum Gasteiger partial charge on any atom is 0.0442 e. The highest BCUT2D eigenvalue weighted by Crippen LogP contribution is 2.43. The van der Waals surface area contributed by atoms with Crippen LogP contribution in [0.1, 0.15) is 26.2 Å². The van der Waals surface area contributed by atoms with Gasteiger partial charge >= 0.3 is 0 Å². The van der Waals surface area contributed by atoms with E-state index < -0.39 is 0 Å². The van der Waals surface area contributed by atoms with E-state index in [0.29, 0.717) is 0 Å².